The fraction of sp³-hybridized carbons (Fsp3) is 0.269. The summed E-state index contributed by atoms with van der Waals surface area (Å²) in [7, 11) is 8.83. The average Bonchev–Trinajstić information content (AvgIpc) is 2.89. The van der Waals surface area contributed by atoms with Crippen molar-refractivity contribution in [2.45, 2.75) is 0 Å². The fourth-order valence-electron chi connectivity index (χ4n) is 4.00. The van der Waals surface area contributed by atoms with Gasteiger partial charge in [-0.2, -0.15) is 4.98 Å². The van der Waals surface area contributed by atoms with Gasteiger partial charge in [0, 0.05) is 56.5 Å². The molecule has 0 spiro atoms. The first-order chi connectivity index (χ1) is 17.7. The second kappa shape index (κ2) is 10.6. The van der Waals surface area contributed by atoms with Crippen molar-refractivity contribution >= 4 is 34.0 Å². The van der Waals surface area contributed by atoms with E-state index >= 15 is 0 Å². The summed E-state index contributed by atoms with van der Waals surface area (Å²) in [5, 5.41) is 15.6. The molecular formula is C26H29N7O4. The number of likely N-dealkylation sites (N-methyl/N-ethyl adjacent to an activating group) is 2. The van der Waals surface area contributed by atoms with Crippen LogP contribution in [0.4, 0.5) is 23.0 Å². The van der Waals surface area contributed by atoms with E-state index in [4.69, 9.17) is 4.74 Å². The molecule has 4 rings (SSSR count). The molecule has 0 fully saturated rings. The number of nitrogens with zero attached hydrogens (tertiary/aromatic N) is 6. The van der Waals surface area contributed by atoms with Crippen molar-refractivity contribution < 1.29 is 9.66 Å². The molecule has 1 N–H and O–H groups in total. The van der Waals surface area contributed by atoms with Crippen LogP contribution in [0.2, 0.25) is 0 Å². The molecule has 0 amide bonds. The number of benzene rings is 2. The number of aryl methyl sites for hydroxylation is 1. The lowest BCUT2D eigenvalue weighted by Crippen LogP contribution is -2.29. The van der Waals surface area contributed by atoms with Crippen LogP contribution in [-0.2, 0) is 7.05 Å². The molecule has 0 radical (unpaired) electrons. The average molecular weight is 504 g/mol. The number of nitro benzene ring substituents is 1. The Morgan fingerprint density at radius 1 is 1.11 bits per heavy atom. The van der Waals surface area contributed by atoms with Gasteiger partial charge in [0.25, 0.3) is 11.2 Å². The normalized spacial score (nSPS) is 11.1. The van der Waals surface area contributed by atoms with Crippen molar-refractivity contribution in [1.82, 2.24) is 19.4 Å². The summed E-state index contributed by atoms with van der Waals surface area (Å²) < 4.78 is 7.00. The highest BCUT2D eigenvalue weighted by molar-refractivity contribution is 5.82. The molecule has 0 saturated carbocycles. The third-order valence-corrected chi connectivity index (χ3v) is 6.07. The summed E-state index contributed by atoms with van der Waals surface area (Å²) in [5.74, 6) is 0.575. The summed E-state index contributed by atoms with van der Waals surface area (Å²) in [6.45, 7) is 1.32. The number of hydrogen-bond donors (Lipinski definition) is 1. The highest BCUT2D eigenvalue weighted by Crippen LogP contribution is 2.39. The number of nitrogens with one attached hydrogen (secondary N) is 1. The van der Waals surface area contributed by atoms with Gasteiger partial charge in [0.15, 0.2) is 0 Å². The predicted octanol–water partition coefficient (Wildman–Crippen LogP) is 3.65. The molecule has 192 valence electrons. The number of hydrogen-bond acceptors (Lipinski definition) is 9. The molecular weight excluding hydrogens is 474 g/mol. The van der Waals surface area contributed by atoms with Crippen LogP contribution >= 0.6 is 0 Å². The SMILES string of the molecule is COc1cc(N(C)CCN(C)C)c([N+](=O)[O-])cc1Nc1ncc2cc(-c3ccccc3)c(=O)n(C)c2n1. The minimum atomic E-state index is -0.428. The number of aromatic nitrogens is 3. The lowest BCUT2D eigenvalue weighted by molar-refractivity contribution is -0.384. The molecule has 2 aromatic heterocycles. The van der Waals surface area contributed by atoms with Gasteiger partial charge >= 0.3 is 0 Å². The number of fused-ring (bicyclic) bond motifs is 1. The van der Waals surface area contributed by atoms with E-state index in [9.17, 15) is 14.9 Å². The van der Waals surface area contributed by atoms with Gasteiger partial charge in [0.1, 0.15) is 17.1 Å². The monoisotopic (exact) mass is 503 g/mol. The van der Waals surface area contributed by atoms with Crippen LogP contribution in [0, 0.1) is 10.1 Å². The zero-order chi connectivity index (χ0) is 26.7. The first-order valence-electron chi connectivity index (χ1n) is 11.6. The minimum absolute atomic E-state index is 0.0785. The zero-order valence-electron chi connectivity index (χ0n) is 21.4. The Morgan fingerprint density at radius 3 is 2.49 bits per heavy atom. The quantitative estimate of drug-likeness (QED) is 0.270. The standard InChI is InChI=1S/C26H29N7O4/c1-30(2)11-12-31(3)21-15-23(37-5)20(14-22(21)33(35)36)28-26-27-16-18-13-19(17-9-7-6-8-10-17)25(34)32(4)24(18)29-26/h6-10,13-16H,11-12H2,1-5H3,(H,27,28,29). The number of ether oxygens (including phenoxy) is 1. The summed E-state index contributed by atoms with van der Waals surface area (Å²) in [4.78, 5) is 37.3. The lowest BCUT2D eigenvalue weighted by Gasteiger charge is -2.22. The number of anilines is 3. The Labute approximate surface area is 214 Å². The molecule has 0 unspecified atom stereocenters. The Morgan fingerprint density at radius 2 is 1.84 bits per heavy atom. The van der Waals surface area contributed by atoms with Crippen LogP contribution in [0.3, 0.4) is 0 Å². The van der Waals surface area contributed by atoms with E-state index in [1.807, 2.05) is 54.2 Å². The Kier molecular flexibility index (Phi) is 7.35. The zero-order valence-corrected chi connectivity index (χ0v) is 21.4. The Hall–Kier alpha value is -4.51. The highest BCUT2D eigenvalue weighted by atomic mass is 16.6. The maximum Gasteiger partial charge on any atom is 0.294 e. The van der Waals surface area contributed by atoms with Gasteiger partial charge in [-0.15, -0.1) is 0 Å². The number of pyridine rings is 1. The minimum Gasteiger partial charge on any atom is -0.494 e. The van der Waals surface area contributed by atoms with Gasteiger partial charge in [-0.3, -0.25) is 19.5 Å². The number of rotatable bonds is 9. The van der Waals surface area contributed by atoms with Crippen LogP contribution in [0.25, 0.3) is 22.2 Å². The number of nitro groups is 1. The second-order valence-corrected chi connectivity index (χ2v) is 8.91. The molecule has 0 atom stereocenters. The van der Waals surface area contributed by atoms with Gasteiger partial charge in [0.2, 0.25) is 5.95 Å². The third-order valence-electron chi connectivity index (χ3n) is 6.07. The van der Waals surface area contributed by atoms with Crippen LogP contribution in [0.1, 0.15) is 0 Å². The summed E-state index contributed by atoms with van der Waals surface area (Å²) in [6, 6.07) is 14.2. The van der Waals surface area contributed by atoms with Crippen LogP contribution < -0.4 is 20.5 Å². The van der Waals surface area contributed by atoms with Gasteiger partial charge < -0.3 is 19.9 Å². The lowest BCUT2D eigenvalue weighted by atomic mass is 10.1. The van der Waals surface area contributed by atoms with Crippen molar-refractivity contribution in [3.63, 3.8) is 0 Å². The van der Waals surface area contributed by atoms with Crippen LogP contribution in [-0.4, -0.2) is 65.7 Å². The van der Waals surface area contributed by atoms with Gasteiger partial charge in [-0.05, 0) is 25.7 Å². The van der Waals surface area contributed by atoms with Crippen molar-refractivity contribution in [3.8, 4) is 16.9 Å². The molecule has 11 nitrogen and oxygen atoms in total. The molecule has 4 aromatic rings. The highest BCUT2D eigenvalue weighted by Gasteiger charge is 2.22. The smallest absolute Gasteiger partial charge is 0.294 e. The van der Waals surface area contributed by atoms with E-state index in [1.165, 1.54) is 17.7 Å². The van der Waals surface area contributed by atoms with Crippen molar-refractivity contribution in [2.24, 2.45) is 7.05 Å². The molecule has 2 aromatic carbocycles. The van der Waals surface area contributed by atoms with Crippen LogP contribution in [0.5, 0.6) is 5.75 Å². The molecule has 0 aliphatic rings. The maximum absolute atomic E-state index is 13.0. The number of methoxy groups -OCH3 is 1. The topological polar surface area (TPSA) is 119 Å². The van der Waals surface area contributed by atoms with Gasteiger partial charge in [-0.1, -0.05) is 30.3 Å². The van der Waals surface area contributed by atoms with Crippen molar-refractivity contribution in [3.05, 3.63) is 75.2 Å². The van der Waals surface area contributed by atoms with E-state index < -0.39 is 4.92 Å². The largest absolute Gasteiger partial charge is 0.494 e. The molecule has 37 heavy (non-hydrogen) atoms. The predicted molar refractivity (Wildman–Crippen MR) is 145 cm³/mol. The third kappa shape index (κ3) is 5.36. The van der Waals surface area contributed by atoms with Crippen molar-refractivity contribution in [1.29, 1.82) is 0 Å². The summed E-state index contributed by atoms with van der Waals surface area (Å²) in [6.07, 6.45) is 1.61. The molecule has 0 aliphatic heterocycles. The Balaban J connectivity index is 1.73. The summed E-state index contributed by atoms with van der Waals surface area (Å²) >= 11 is 0. The van der Waals surface area contributed by atoms with E-state index in [0.29, 0.717) is 40.3 Å². The van der Waals surface area contributed by atoms with Gasteiger partial charge in [-0.25, -0.2) is 4.98 Å². The summed E-state index contributed by atoms with van der Waals surface area (Å²) in [5.41, 5.74) is 2.28. The van der Waals surface area contributed by atoms with Crippen molar-refractivity contribution in [2.75, 3.05) is 51.6 Å². The molecule has 0 saturated heterocycles. The second-order valence-electron chi connectivity index (χ2n) is 8.91. The van der Waals surface area contributed by atoms with E-state index in [0.717, 1.165) is 12.1 Å². The van der Waals surface area contributed by atoms with E-state index in [2.05, 4.69) is 15.3 Å². The molecule has 0 bridgehead atoms. The molecule has 0 aliphatic carbocycles. The molecule has 11 heteroatoms. The first-order valence-corrected chi connectivity index (χ1v) is 11.6. The Bertz CT molecular complexity index is 1500. The first kappa shape index (κ1) is 25.6. The maximum atomic E-state index is 13.0. The van der Waals surface area contributed by atoms with Crippen LogP contribution in [0.15, 0.2) is 59.5 Å². The fourth-order valence-corrected chi connectivity index (χ4v) is 4.00. The van der Waals surface area contributed by atoms with Gasteiger partial charge in [0.05, 0.1) is 17.7 Å². The molecule has 2 heterocycles. The van der Waals surface area contributed by atoms with E-state index in [-0.39, 0.29) is 17.2 Å². The van der Waals surface area contributed by atoms with E-state index in [1.54, 1.807) is 32.4 Å².